The van der Waals surface area contributed by atoms with Gasteiger partial charge in [0.1, 0.15) is 6.10 Å². The van der Waals surface area contributed by atoms with Gasteiger partial charge in [0.2, 0.25) is 0 Å². The van der Waals surface area contributed by atoms with E-state index in [0.29, 0.717) is 0 Å². The molecule has 0 fully saturated rings. The molecule has 0 aliphatic carbocycles. The molecular formula is C6H13NO2. The van der Waals surface area contributed by atoms with E-state index in [4.69, 9.17) is 10.8 Å². The molecule has 1 atom stereocenters. The second-order valence-electron chi connectivity index (χ2n) is 2.83. The molecule has 0 bridgehead atoms. The minimum absolute atomic E-state index is 0.289. The van der Waals surface area contributed by atoms with Gasteiger partial charge in [-0.15, -0.1) is 0 Å². The molecule has 0 rings (SSSR count). The highest BCUT2D eigenvalue weighted by atomic mass is 16.3. The number of nitrogens with two attached hydrogens (primary N) is 1. The van der Waals surface area contributed by atoms with Crippen molar-refractivity contribution >= 4 is 5.78 Å². The fraction of sp³-hybridized carbons (Fsp3) is 0.833. The lowest BCUT2D eigenvalue weighted by atomic mass is 9.96. The first-order chi connectivity index (χ1) is 3.85. The number of Topliss-reactive ketones (excluding diaryl/α,β-unsaturated/α-hetero) is 1. The summed E-state index contributed by atoms with van der Waals surface area (Å²) >= 11 is 0. The highest BCUT2D eigenvalue weighted by Crippen LogP contribution is 2.04. The molecule has 0 spiro atoms. The normalized spacial score (nSPS) is 15.2. The van der Waals surface area contributed by atoms with Gasteiger partial charge in [0.05, 0.1) is 0 Å². The molecule has 0 saturated heterocycles. The van der Waals surface area contributed by atoms with Gasteiger partial charge in [0.15, 0.2) is 5.78 Å². The number of hydrogen-bond donors (Lipinski definition) is 2. The average molecular weight is 131 g/mol. The summed E-state index contributed by atoms with van der Waals surface area (Å²) in [6, 6.07) is 0. The summed E-state index contributed by atoms with van der Waals surface area (Å²) in [6.07, 6.45) is -1.04. The highest BCUT2D eigenvalue weighted by Gasteiger charge is 2.26. The molecule has 0 aromatic rings. The first kappa shape index (κ1) is 8.59. The van der Waals surface area contributed by atoms with E-state index in [1.54, 1.807) is 13.8 Å². The molecule has 9 heavy (non-hydrogen) atoms. The molecule has 3 nitrogen and oxygen atoms in total. The standard InChI is InChI=1S/C6H13NO2/c1-4(8)5(9)6(2,3)7/h5,9H,7H2,1-3H3. The number of carbonyl (C=O) groups is 1. The molecular weight excluding hydrogens is 118 g/mol. The Morgan fingerprint density at radius 1 is 1.67 bits per heavy atom. The summed E-state index contributed by atoms with van der Waals surface area (Å²) < 4.78 is 0. The monoisotopic (exact) mass is 131 g/mol. The summed E-state index contributed by atoms with van der Waals surface area (Å²) in [7, 11) is 0. The van der Waals surface area contributed by atoms with Gasteiger partial charge in [-0.2, -0.15) is 0 Å². The molecule has 0 aliphatic rings. The van der Waals surface area contributed by atoms with E-state index in [-0.39, 0.29) is 5.78 Å². The van der Waals surface area contributed by atoms with Crippen LogP contribution < -0.4 is 5.73 Å². The van der Waals surface area contributed by atoms with Crippen LogP contribution in [0.5, 0.6) is 0 Å². The van der Waals surface area contributed by atoms with Crippen LogP contribution in [0.1, 0.15) is 20.8 Å². The summed E-state index contributed by atoms with van der Waals surface area (Å²) in [5.74, 6) is -0.289. The lowest BCUT2D eigenvalue weighted by Gasteiger charge is -2.22. The van der Waals surface area contributed by atoms with Gasteiger partial charge in [-0.1, -0.05) is 0 Å². The zero-order valence-electron chi connectivity index (χ0n) is 6.01. The third-order valence-electron chi connectivity index (χ3n) is 1.09. The summed E-state index contributed by atoms with van der Waals surface area (Å²) in [4.78, 5) is 10.5. The SMILES string of the molecule is CC(=O)C(O)C(C)(C)N. The molecule has 0 aromatic carbocycles. The van der Waals surface area contributed by atoms with E-state index in [0.717, 1.165) is 0 Å². The van der Waals surface area contributed by atoms with E-state index in [1.165, 1.54) is 6.92 Å². The van der Waals surface area contributed by atoms with Crippen molar-refractivity contribution in [3.05, 3.63) is 0 Å². The van der Waals surface area contributed by atoms with Crippen molar-refractivity contribution in [2.24, 2.45) is 5.73 Å². The summed E-state index contributed by atoms with van der Waals surface area (Å²) in [6.45, 7) is 4.54. The molecule has 0 heterocycles. The van der Waals surface area contributed by atoms with Crippen LogP contribution in [0.15, 0.2) is 0 Å². The Hall–Kier alpha value is -0.410. The Labute approximate surface area is 54.9 Å². The Morgan fingerprint density at radius 3 is 2.00 bits per heavy atom. The van der Waals surface area contributed by atoms with E-state index in [9.17, 15) is 4.79 Å². The van der Waals surface area contributed by atoms with E-state index < -0.39 is 11.6 Å². The third-order valence-corrected chi connectivity index (χ3v) is 1.09. The number of ketones is 1. The maximum atomic E-state index is 10.5. The fourth-order valence-corrected chi connectivity index (χ4v) is 0.524. The van der Waals surface area contributed by atoms with Crippen molar-refractivity contribution in [2.45, 2.75) is 32.4 Å². The molecule has 3 heteroatoms. The fourth-order valence-electron chi connectivity index (χ4n) is 0.524. The minimum atomic E-state index is -1.04. The van der Waals surface area contributed by atoms with Crippen molar-refractivity contribution < 1.29 is 9.90 Å². The number of aliphatic hydroxyl groups excluding tert-OH is 1. The minimum Gasteiger partial charge on any atom is -0.383 e. The lowest BCUT2D eigenvalue weighted by molar-refractivity contribution is -0.127. The molecule has 0 radical (unpaired) electrons. The molecule has 1 unspecified atom stereocenters. The summed E-state index contributed by atoms with van der Waals surface area (Å²) in [5.41, 5.74) is 4.60. The van der Waals surface area contributed by atoms with Gasteiger partial charge >= 0.3 is 0 Å². The van der Waals surface area contributed by atoms with Crippen molar-refractivity contribution in [2.75, 3.05) is 0 Å². The largest absolute Gasteiger partial charge is 0.383 e. The van der Waals surface area contributed by atoms with Crippen LogP contribution in [-0.4, -0.2) is 22.5 Å². The molecule has 0 aromatic heterocycles. The Kier molecular flexibility index (Phi) is 2.34. The van der Waals surface area contributed by atoms with Gasteiger partial charge in [-0.05, 0) is 20.8 Å². The third kappa shape index (κ3) is 2.58. The second kappa shape index (κ2) is 2.45. The smallest absolute Gasteiger partial charge is 0.160 e. The zero-order valence-corrected chi connectivity index (χ0v) is 6.01. The lowest BCUT2D eigenvalue weighted by Crippen LogP contribution is -2.48. The average Bonchev–Trinajstić information content (AvgIpc) is 1.62. The van der Waals surface area contributed by atoms with E-state index >= 15 is 0 Å². The van der Waals surface area contributed by atoms with Crippen molar-refractivity contribution in [3.8, 4) is 0 Å². The maximum absolute atomic E-state index is 10.5. The maximum Gasteiger partial charge on any atom is 0.160 e. The molecule has 0 aliphatic heterocycles. The van der Waals surface area contributed by atoms with Crippen LogP contribution in [0, 0.1) is 0 Å². The van der Waals surface area contributed by atoms with E-state index in [1.807, 2.05) is 0 Å². The number of hydrogen-bond acceptors (Lipinski definition) is 3. The van der Waals surface area contributed by atoms with Crippen molar-refractivity contribution in [3.63, 3.8) is 0 Å². The Bertz CT molecular complexity index is 115. The molecule has 0 saturated carbocycles. The van der Waals surface area contributed by atoms with Gasteiger partial charge in [0.25, 0.3) is 0 Å². The first-order valence-corrected chi connectivity index (χ1v) is 2.83. The number of aliphatic hydroxyl groups is 1. The first-order valence-electron chi connectivity index (χ1n) is 2.83. The van der Waals surface area contributed by atoms with Crippen LogP contribution >= 0.6 is 0 Å². The molecule has 0 amide bonds. The second-order valence-corrected chi connectivity index (χ2v) is 2.83. The van der Waals surface area contributed by atoms with Crippen LogP contribution in [-0.2, 0) is 4.79 Å². The summed E-state index contributed by atoms with van der Waals surface area (Å²) in [5, 5.41) is 8.99. The topological polar surface area (TPSA) is 63.3 Å². The van der Waals surface area contributed by atoms with Gasteiger partial charge < -0.3 is 10.8 Å². The van der Waals surface area contributed by atoms with Crippen LogP contribution in [0.25, 0.3) is 0 Å². The van der Waals surface area contributed by atoms with Gasteiger partial charge in [-0.3, -0.25) is 4.79 Å². The Morgan fingerprint density at radius 2 is 2.00 bits per heavy atom. The van der Waals surface area contributed by atoms with Crippen LogP contribution in [0.2, 0.25) is 0 Å². The van der Waals surface area contributed by atoms with Crippen molar-refractivity contribution in [1.82, 2.24) is 0 Å². The molecule has 54 valence electrons. The van der Waals surface area contributed by atoms with Crippen molar-refractivity contribution in [1.29, 1.82) is 0 Å². The predicted octanol–water partition coefficient (Wildman–Crippen LogP) is -0.326. The number of rotatable bonds is 2. The van der Waals surface area contributed by atoms with Crippen LogP contribution in [0.3, 0.4) is 0 Å². The van der Waals surface area contributed by atoms with Crippen LogP contribution in [0.4, 0.5) is 0 Å². The van der Waals surface area contributed by atoms with Gasteiger partial charge in [0, 0.05) is 5.54 Å². The number of carbonyl (C=O) groups excluding carboxylic acids is 1. The zero-order chi connectivity index (χ0) is 7.65. The predicted molar refractivity (Wildman–Crippen MR) is 35.0 cm³/mol. The molecule has 3 N–H and O–H groups in total. The Balaban J connectivity index is 4.04. The van der Waals surface area contributed by atoms with Gasteiger partial charge in [-0.25, -0.2) is 0 Å². The quantitative estimate of drug-likeness (QED) is 0.539. The highest BCUT2D eigenvalue weighted by molar-refractivity contribution is 5.81. The van der Waals surface area contributed by atoms with E-state index in [2.05, 4.69) is 0 Å².